The van der Waals surface area contributed by atoms with Crippen LogP contribution in [0.15, 0.2) is 18.2 Å². The molecule has 3 heteroatoms. The van der Waals surface area contributed by atoms with Crippen LogP contribution in [0, 0.1) is 0 Å². The van der Waals surface area contributed by atoms with Gasteiger partial charge in [0.25, 0.3) is 0 Å². The molecule has 1 aromatic rings. The monoisotopic (exact) mass is 235 g/mol. The Kier molecular flexibility index (Phi) is 5.67. The molecule has 1 aromatic carbocycles. The van der Waals surface area contributed by atoms with Crippen LogP contribution >= 0.6 is 0 Å². The molecule has 1 unspecified atom stereocenters. The fourth-order valence-corrected chi connectivity index (χ4v) is 1.99. The van der Waals surface area contributed by atoms with Crippen molar-refractivity contribution in [3.05, 3.63) is 18.2 Å². The van der Waals surface area contributed by atoms with E-state index in [4.69, 9.17) is 11.5 Å². The number of unbranched alkanes of at least 4 members (excludes halogenated alkanes) is 1. The lowest BCUT2D eigenvalue weighted by molar-refractivity contribution is 0.564. The second kappa shape index (κ2) is 7.05. The van der Waals surface area contributed by atoms with Gasteiger partial charge in [0.15, 0.2) is 0 Å². The first kappa shape index (κ1) is 13.7. The molecule has 5 N–H and O–H groups in total. The standard InChI is InChI=1S/C14H25N3/c1-3-5-7-11(6-4-2)17-12-8-9-13(15)14(16)10-12/h8-11,17H,3-7,15-16H2,1-2H3. The molecule has 0 saturated carbocycles. The summed E-state index contributed by atoms with van der Waals surface area (Å²) in [7, 11) is 0. The van der Waals surface area contributed by atoms with E-state index in [1.54, 1.807) is 0 Å². The molecular formula is C14H25N3. The van der Waals surface area contributed by atoms with Crippen LogP contribution in [-0.4, -0.2) is 6.04 Å². The summed E-state index contributed by atoms with van der Waals surface area (Å²) in [6.45, 7) is 4.45. The predicted molar refractivity (Wildman–Crippen MR) is 77.1 cm³/mol. The van der Waals surface area contributed by atoms with Gasteiger partial charge in [-0.1, -0.05) is 33.1 Å². The zero-order chi connectivity index (χ0) is 12.7. The van der Waals surface area contributed by atoms with E-state index in [1.165, 1.54) is 32.1 Å². The number of nitrogens with two attached hydrogens (primary N) is 2. The topological polar surface area (TPSA) is 64.1 Å². The van der Waals surface area contributed by atoms with Crippen LogP contribution in [0.1, 0.15) is 46.0 Å². The van der Waals surface area contributed by atoms with Crippen LogP contribution in [-0.2, 0) is 0 Å². The molecule has 0 aliphatic carbocycles. The summed E-state index contributed by atoms with van der Waals surface area (Å²) < 4.78 is 0. The predicted octanol–water partition coefficient (Wildman–Crippen LogP) is 3.62. The van der Waals surface area contributed by atoms with Crippen LogP contribution < -0.4 is 16.8 Å². The molecule has 96 valence electrons. The molecular weight excluding hydrogens is 210 g/mol. The molecule has 0 heterocycles. The minimum atomic E-state index is 0.544. The smallest absolute Gasteiger partial charge is 0.0568 e. The zero-order valence-electron chi connectivity index (χ0n) is 11.0. The highest BCUT2D eigenvalue weighted by Gasteiger charge is 2.07. The second-order valence-electron chi connectivity index (χ2n) is 4.62. The summed E-state index contributed by atoms with van der Waals surface area (Å²) >= 11 is 0. The van der Waals surface area contributed by atoms with E-state index >= 15 is 0 Å². The Hall–Kier alpha value is -1.38. The molecule has 0 saturated heterocycles. The van der Waals surface area contributed by atoms with Gasteiger partial charge in [0, 0.05) is 11.7 Å². The van der Waals surface area contributed by atoms with Gasteiger partial charge in [0.1, 0.15) is 0 Å². The van der Waals surface area contributed by atoms with E-state index in [1.807, 2.05) is 18.2 Å². The van der Waals surface area contributed by atoms with Gasteiger partial charge in [-0.2, -0.15) is 0 Å². The number of rotatable bonds is 7. The van der Waals surface area contributed by atoms with Gasteiger partial charge < -0.3 is 16.8 Å². The first-order valence-electron chi connectivity index (χ1n) is 6.58. The van der Waals surface area contributed by atoms with Crippen molar-refractivity contribution in [1.82, 2.24) is 0 Å². The third-order valence-corrected chi connectivity index (χ3v) is 3.00. The molecule has 1 atom stereocenters. The van der Waals surface area contributed by atoms with Crippen molar-refractivity contribution in [2.45, 2.75) is 52.0 Å². The number of anilines is 3. The summed E-state index contributed by atoms with van der Waals surface area (Å²) in [6, 6.07) is 6.33. The Labute approximate surface area is 105 Å². The number of nitrogens with one attached hydrogen (secondary N) is 1. The van der Waals surface area contributed by atoms with Crippen LogP contribution in [0.5, 0.6) is 0 Å². The van der Waals surface area contributed by atoms with Gasteiger partial charge >= 0.3 is 0 Å². The molecule has 0 aliphatic rings. The maximum atomic E-state index is 5.81. The van der Waals surface area contributed by atoms with Gasteiger partial charge in [0.05, 0.1) is 11.4 Å². The third-order valence-electron chi connectivity index (χ3n) is 3.00. The maximum Gasteiger partial charge on any atom is 0.0568 e. The van der Waals surface area contributed by atoms with Crippen molar-refractivity contribution < 1.29 is 0 Å². The number of nitrogen functional groups attached to an aromatic ring is 2. The van der Waals surface area contributed by atoms with Crippen LogP contribution in [0.2, 0.25) is 0 Å². The highest BCUT2D eigenvalue weighted by molar-refractivity contribution is 5.69. The normalized spacial score (nSPS) is 12.4. The Morgan fingerprint density at radius 3 is 2.41 bits per heavy atom. The Bertz CT molecular complexity index is 336. The van der Waals surface area contributed by atoms with Crippen LogP contribution in [0.4, 0.5) is 17.1 Å². The Morgan fingerprint density at radius 1 is 1.06 bits per heavy atom. The first-order chi connectivity index (χ1) is 8.17. The minimum absolute atomic E-state index is 0.544. The Balaban J connectivity index is 2.61. The van der Waals surface area contributed by atoms with E-state index in [9.17, 15) is 0 Å². The summed E-state index contributed by atoms with van der Waals surface area (Å²) in [4.78, 5) is 0. The van der Waals surface area contributed by atoms with Gasteiger partial charge in [-0.05, 0) is 31.0 Å². The van der Waals surface area contributed by atoms with Crippen molar-refractivity contribution in [3.63, 3.8) is 0 Å². The number of hydrogen-bond donors (Lipinski definition) is 3. The molecule has 0 aromatic heterocycles. The van der Waals surface area contributed by atoms with Gasteiger partial charge in [-0.15, -0.1) is 0 Å². The average Bonchev–Trinajstić information content (AvgIpc) is 2.31. The highest BCUT2D eigenvalue weighted by Crippen LogP contribution is 2.22. The quantitative estimate of drug-likeness (QED) is 0.632. The van der Waals surface area contributed by atoms with E-state index in [0.717, 1.165) is 5.69 Å². The van der Waals surface area contributed by atoms with E-state index in [-0.39, 0.29) is 0 Å². The highest BCUT2D eigenvalue weighted by atomic mass is 14.9. The summed E-state index contributed by atoms with van der Waals surface area (Å²) in [5, 5.41) is 3.55. The van der Waals surface area contributed by atoms with E-state index in [0.29, 0.717) is 17.4 Å². The lowest BCUT2D eigenvalue weighted by atomic mass is 10.0. The average molecular weight is 235 g/mol. The molecule has 0 aliphatic heterocycles. The van der Waals surface area contributed by atoms with Crippen molar-refractivity contribution in [2.75, 3.05) is 16.8 Å². The molecule has 1 rings (SSSR count). The Morgan fingerprint density at radius 2 is 1.82 bits per heavy atom. The molecule has 0 bridgehead atoms. The van der Waals surface area contributed by atoms with E-state index in [2.05, 4.69) is 19.2 Å². The zero-order valence-corrected chi connectivity index (χ0v) is 11.0. The SMILES string of the molecule is CCCCC(CCC)Nc1ccc(N)c(N)c1. The minimum Gasteiger partial charge on any atom is -0.397 e. The largest absolute Gasteiger partial charge is 0.397 e. The molecule has 0 amide bonds. The van der Waals surface area contributed by atoms with Crippen molar-refractivity contribution in [1.29, 1.82) is 0 Å². The van der Waals surface area contributed by atoms with Crippen LogP contribution in [0.3, 0.4) is 0 Å². The van der Waals surface area contributed by atoms with Crippen molar-refractivity contribution in [3.8, 4) is 0 Å². The fraction of sp³-hybridized carbons (Fsp3) is 0.571. The van der Waals surface area contributed by atoms with Crippen molar-refractivity contribution in [2.24, 2.45) is 0 Å². The number of benzene rings is 1. The maximum absolute atomic E-state index is 5.81. The molecule has 3 nitrogen and oxygen atoms in total. The molecule has 0 fully saturated rings. The summed E-state index contributed by atoms with van der Waals surface area (Å²) in [5.41, 5.74) is 13.9. The molecule has 17 heavy (non-hydrogen) atoms. The van der Waals surface area contributed by atoms with E-state index < -0.39 is 0 Å². The van der Waals surface area contributed by atoms with Gasteiger partial charge in [-0.25, -0.2) is 0 Å². The van der Waals surface area contributed by atoms with Crippen molar-refractivity contribution >= 4 is 17.1 Å². The van der Waals surface area contributed by atoms with Crippen LogP contribution in [0.25, 0.3) is 0 Å². The lowest BCUT2D eigenvalue weighted by Gasteiger charge is -2.19. The fourth-order valence-electron chi connectivity index (χ4n) is 1.99. The third kappa shape index (κ3) is 4.55. The second-order valence-corrected chi connectivity index (χ2v) is 4.62. The lowest BCUT2D eigenvalue weighted by Crippen LogP contribution is -2.19. The molecule has 0 radical (unpaired) electrons. The summed E-state index contributed by atoms with van der Waals surface area (Å²) in [5.74, 6) is 0. The molecule has 0 spiro atoms. The summed E-state index contributed by atoms with van der Waals surface area (Å²) in [6.07, 6.45) is 6.12. The van der Waals surface area contributed by atoms with Gasteiger partial charge in [0.2, 0.25) is 0 Å². The number of hydrogen-bond acceptors (Lipinski definition) is 3. The first-order valence-corrected chi connectivity index (χ1v) is 6.58. The van der Waals surface area contributed by atoms with Gasteiger partial charge in [-0.3, -0.25) is 0 Å².